The molecule has 0 nitrogen and oxygen atoms in total. The zero-order valence-electron chi connectivity index (χ0n) is 18.7. The minimum atomic E-state index is -1.77. The Hall–Kier alpha value is -3.80. The van der Waals surface area contributed by atoms with Crippen LogP contribution in [0.15, 0.2) is 78.9 Å². The summed E-state index contributed by atoms with van der Waals surface area (Å²) in [6.07, 6.45) is 2.01. The van der Waals surface area contributed by atoms with E-state index in [-0.39, 0.29) is 11.1 Å². The van der Waals surface area contributed by atoms with E-state index in [1.165, 1.54) is 35.9 Å². The molecule has 178 valence electrons. The van der Waals surface area contributed by atoms with E-state index in [1.54, 1.807) is 12.1 Å². The first kappa shape index (κ1) is 24.3. The number of hydrogen-bond acceptors (Lipinski definition) is 0. The van der Waals surface area contributed by atoms with Crippen molar-refractivity contribution in [3.63, 3.8) is 0 Å². The largest absolute Gasteiger partial charge is 0.206 e. The third kappa shape index (κ3) is 5.16. The van der Waals surface area contributed by atoms with Crippen molar-refractivity contribution in [3.8, 4) is 22.3 Å². The molecule has 0 aromatic heterocycles. The molecule has 0 saturated heterocycles. The number of aryl methyl sites for hydroxylation is 1. The van der Waals surface area contributed by atoms with Crippen LogP contribution in [-0.2, 0) is 6.42 Å². The Morgan fingerprint density at radius 2 is 1.11 bits per heavy atom. The fourth-order valence-electron chi connectivity index (χ4n) is 3.81. The molecular formula is C29H20F6. The van der Waals surface area contributed by atoms with Gasteiger partial charge in [0.15, 0.2) is 29.1 Å². The third-order valence-corrected chi connectivity index (χ3v) is 5.67. The highest BCUT2D eigenvalue weighted by atomic mass is 19.2. The molecule has 6 heteroatoms. The molecule has 0 saturated carbocycles. The van der Waals surface area contributed by atoms with E-state index >= 15 is 0 Å². The molecule has 0 aliphatic carbocycles. The van der Waals surface area contributed by atoms with Gasteiger partial charge < -0.3 is 0 Å². The van der Waals surface area contributed by atoms with Crippen LogP contribution in [0, 0.1) is 23.3 Å². The Bertz CT molecular complexity index is 1360. The third-order valence-electron chi connectivity index (χ3n) is 5.67. The summed E-state index contributed by atoms with van der Waals surface area (Å²) in [7, 11) is 0. The minimum Gasteiger partial charge on any atom is -0.206 e. The van der Waals surface area contributed by atoms with Crippen LogP contribution in [0.1, 0.15) is 30.0 Å². The van der Waals surface area contributed by atoms with Crippen molar-refractivity contribution in [2.24, 2.45) is 0 Å². The molecule has 0 unspecified atom stereocenters. The average Bonchev–Trinajstić information content (AvgIpc) is 2.87. The summed E-state index contributed by atoms with van der Waals surface area (Å²) in [5.74, 6) is -8.44. The summed E-state index contributed by atoms with van der Waals surface area (Å²) >= 11 is 0. The van der Waals surface area contributed by atoms with Gasteiger partial charge in [-0.3, -0.25) is 0 Å². The van der Waals surface area contributed by atoms with E-state index in [0.29, 0.717) is 23.3 Å². The van der Waals surface area contributed by atoms with Crippen LogP contribution in [0.2, 0.25) is 0 Å². The first-order chi connectivity index (χ1) is 16.8. The Labute approximate surface area is 199 Å². The van der Waals surface area contributed by atoms with Gasteiger partial charge in [0.2, 0.25) is 0 Å². The van der Waals surface area contributed by atoms with Crippen LogP contribution < -0.4 is 0 Å². The molecule has 0 aliphatic rings. The number of hydrogen-bond donors (Lipinski definition) is 0. The van der Waals surface area contributed by atoms with Gasteiger partial charge in [0.25, 0.3) is 0 Å². The highest BCUT2D eigenvalue weighted by molar-refractivity contribution is 5.84. The van der Waals surface area contributed by atoms with Gasteiger partial charge in [-0.15, -0.1) is 0 Å². The van der Waals surface area contributed by atoms with Crippen molar-refractivity contribution >= 4 is 11.7 Å². The van der Waals surface area contributed by atoms with Crippen molar-refractivity contribution in [1.29, 1.82) is 0 Å². The summed E-state index contributed by atoms with van der Waals surface area (Å²) in [5.41, 5.74) is 2.51. The van der Waals surface area contributed by atoms with Gasteiger partial charge in [-0.25, -0.2) is 26.3 Å². The van der Waals surface area contributed by atoms with Crippen molar-refractivity contribution in [3.05, 3.63) is 119 Å². The summed E-state index contributed by atoms with van der Waals surface area (Å²) in [6.45, 7) is 2.10. The van der Waals surface area contributed by atoms with Crippen LogP contribution >= 0.6 is 0 Å². The van der Waals surface area contributed by atoms with Crippen molar-refractivity contribution in [1.82, 2.24) is 0 Å². The van der Waals surface area contributed by atoms with Gasteiger partial charge in [0.1, 0.15) is 5.82 Å². The summed E-state index contributed by atoms with van der Waals surface area (Å²) in [6, 6.07) is 18.7. The topological polar surface area (TPSA) is 0 Å². The lowest BCUT2D eigenvalue weighted by atomic mass is 9.97. The normalized spacial score (nSPS) is 12.0. The monoisotopic (exact) mass is 482 g/mol. The van der Waals surface area contributed by atoms with E-state index in [0.717, 1.165) is 18.4 Å². The molecule has 0 N–H and O–H groups in total. The molecule has 4 aromatic rings. The molecule has 35 heavy (non-hydrogen) atoms. The fraction of sp³-hybridized carbons (Fsp3) is 0.103. The Balaban J connectivity index is 1.59. The summed E-state index contributed by atoms with van der Waals surface area (Å²) < 4.78 is 83.8. The quantitative estimate of drug-likeness (QED) is 0.146. The second kappa shape index (κ2) is 10.2. The average molecular weight is 482 g/mol. The highest BCUT2D eigenvalue weighted by Crippen LogP contribution is 2.33. The lowest BCUT2D eigenvalue weighted by molar-refractivity contribution is 0.446. The Morgan fingerprint density at radius 1 is 0.571 bits per heavy atom. The number of benzene rings is 4. The van der Waals surface area contributed by atoms with E-state index in [1.807, 2.05) is 24.3 Å². The molecule has 0 heterocycles. The van der Waals surface area contributed by atoms with Crippen LogP contribution in [0.3, 0.4) is 0 Å². The first-order valence-electron chi connectivity index (χ1n) is 11.0. The van der Waals surface area contributed by atoms with Crippen LogP contribution in [0.5, 0.6) is 0 Å². The molecule has 4 aromatic carbocycles. The molecule has 0 atom stereocenters. The maximum Gasteiger partial charge on any atom is 0.194 e. The van der Waals surface area contributed by atoms with Crippen molar-refractivity contribution in [2.45, 2.75) is 19.8 Å². The van der Waals surface area contributed by atoms with Gasteiger partial charge in [-0.2, -0.15) is 0 Å². The zero-order chi connectivity index (χ0) is 25.1. The lowest BCUT2D eigenvalue weighted by Crippen LogP contribution is -1.94. The molecule has 4 rings (SSSR count). The molecule has 0 radical (unpaired) electrons. The second-order valence-corrected chi connectivity index (χ2v) is 8.10. The maximum atomic E-state index is 14.9. The highest BCUT2D eigenvalue weighted by Gasteiger charge is 2.17. The van der Waals surface area contributed by atoms with Crippen LogP contribution in [-0.4, -0.2) is 0 Å². The number of halogens is 6. The van der Waals surface area contributed by atoms with Crippen LogP contribution in [0.25, 0.3) is 33.9 Å². The van der Waals surface area contributed by atoms with E-state index in [2.05, 4.69) is 6.92 Å². The molecule has 0 aliphatic heterocycles. The number of rotatable bonds is 6. The molecule has 0 fully saturated rings. The Kier molecular flexibility index (Phi) is 7.10. The summed E-state index contributed by atoms with van der Waals surface area (Å²) in [4.78, 5) is 0. The zero-order valence-corrected chi connectivity index (χ0v) is 18.7. The first-order valence-corrected chi connectivity index (χ1v) is 11.0. The van der Waals surface area contributed by atoms with Gasteiger partial charge in [0, 0.05) is 16.7 Å². The van der Waals surface area contributed by atoms with Gasteiger partial charge in [0.05, 0.1) is 0 Å². The molecule has 0 amide bonds. The second-order valence-electron chi connectivity index (χ2n) is 8.10. The van der Waals surface area contributed by atoms with Crippen molar-refractivity contribution < 1.29 is 26.3 Å². The summed E-state index contributed by atoms with van der Waals surface area (Å²) in [5, 5.41) is 0. The Morgan fingerprint density at radius 3 is 1.69 bits per heavy atom. The molecule has 0 bridgehead atoms. The van der Waals surface area contributed by atoms with Crippen molar-refractivity contribution in [2.75, 3.05) is 0 Å². The smallest absolute Gasteiger partial charge is 0.194 e. The fourth-order valence-corrected chi connectivity index (χ4v) is 3.81. The molecular weight excluding hydrogens is 462 g/mol. The standard InChI is InChI=1S/C29H20F6/c1-2-3-17-4-6-18(7-5-17)21-12-13-23(24(30)14-21)19-8-10-20(11-9-19)27(33)28(34)22-15-25(31)29(35)26(32)16-22/h4-16H,2-3H2,1H3/b28-27+. The minimum absolute atomic E-state index is 0.222. The van der Waals surface area contributed by atoms with Gasteiger partial charge in [-0.05, 0) is 46.9 Å². The lowest BCUT2D eigenvalue weighted by Gasteiger charge is -2.09. The maximum absolute atomic E-state index is 14.9. The van der Waals surface area contributed by atoms with Crippen LogP contribution in [0.4, 0.5) is 26.3 Å². The molecule has 0 spiro atoms. The van der Waals surface area contributed by atoms with Gasteiger partial charge >= 0.3 is 0 Å². The predicted octanol–water partition coefficient (Wildman–Crippen LogP) is 9.29. The van der Waals surface area contributed by atoms with E-state index in [4.69, 9.17) is 0 Å². The SMILES string of the molecule is CCCc1ccc(-c2ccc(-c3ccc(/C(F)=C(\F)c4cc(F)c(F)c(F)c4)cc3)c(F)c2)cc1. The van der Waals surface area contributed by atoms with E-state index in [9.17, 15) is 26.3 Å². The van der Waals surface area contributed by atoms with Gasteiger partial charge in [-0.1, -0.05) is 74.0 Å². The van der Waals surface area contributed by atoms with E-state index < -0.39 is 40.5 Å². The predicted molar refractivity (Wildman–Crippen MR) is 127 cm³/mol.